The highest BCUT2D eigenvalue weighted by atomic mass is 35.5. The Balaban J connectivity index is 2.06. The van der Waals surface area contributed by atoms with Crippen LogP contribution in [0.2, 0.25) is 5.02 Å². The summed E-state index contributed by atoms with van der Waals surface area (Å²) in [6.45, 7) is 2.24. The van der Waals surface area contributed by atoms with Crippen molar-refractivity contribution in [3.63, 3.8) is 0 Å². The molecule has 0 radical (unpaired) electrons. The molecule has 0 amide bonds. The Bertz CT molecular complexity index is 595. The van der Waals surface area contributed by atoms with E-state index in [1.54, 1.807) is 0 Å². The van der Waals surface area contributed by atoms with Crippen LogP contribution in [0, 0.1) is 5.92 Å². The van der Waals surface area contributed by atoms with Crippen molar-refractivity contribution in [2.24, 2.45) is 27.4 Å². The average molecular weight is 306 g/mol. The molecule has 1 aliphatic carbocycles. The van der Waals surface area contributed by atoms with Gasteiger partial charge in [0, 0.05) is 10.7 Å². The SMILES string of the molecule is CC1CCCC2(C1)N=C(N)N=C(N)N2c1ccc(Cl)cc1. The van der Waals surface area contributed by atoms with Gasteiger partial charge in [-0.25, -0.2) is 4.99 Å². The molecular weight excluding hydrogens is 286 g/mol. The zero-order valence-corrected chi connectivity index (χ0v) is 12.8. The zero-order chi connectivity index (χ0) is 15.0. The summed E-state index contributed by atoms with van der Waals surface area (Å²) in [6.07, 6.45) is 4.17. The molecule has 2 unspecified atom stereocenters. The maximum Gasteiger partial charge on any atom is 0.220 e. The van der Waals surface area contributed by atoms with Gasteiger partial charge in [-0.2, -0.15) is 4.99 Å². The number of anilines is 1. The Kier molecular flexibility index (Phi) is 3.53. The second-order valence-corrected chi connectivity index (χ2v) is 6.37. The Morgan fingerprint density at radius 1 is 1.29 bits per heavy atom. The molecule has 0 aromatic heterocycles. The predicted octanol–water partition coefficient (Wildman–Crippen LogP) is 2.70. The monoisotopic (exact) mass is 305 g/mol. The average Bonchev–Trinajstić information content (AvgIpc) is 2.39. The van der Waals surface area contributed by atoms with Crippen LogP contribution in [0.25, 0.3) is 0 Å². The first kappa shape index (κ1) is 14.2. The molecule has 4 N–H and O–H groups in total. The number of benzene rings is 1. The summed E-state index contributed by atoms with van der Waals surface area (Å²) in [7, 11) is 0. The number of halogens is 1. The normalized spacial score (nSPS) is 29.2. The number of aliphatic imine (C=N–C) groups is 2. The number of nitrogens with two attached hydrogens (primary N) is 2. The molecule has 0 bridgehead atoms. The van der Waals surface area contributed by atoms with Crippen molar-refractivity contribution in [3.8, 4) is 0 Å². The highest BCUT2D eigenvalue weighted by Gasteiger charge is 2.44. The van der Waals surface area contributed by atoms with E-state index in [0.717, 1.165) is 24.9 Å². The molecule has 1 saturated carbocycles. The fourth-order valence-corrected chi connectivity index (χ4v) is 3.56. The van der Waals surface area contributed by atoms with Crippen molar-refractivity contribution in [2.45, 2.75) is 38.3 Å². The van der Waals surface area contributed by atoms with Crippen LogP contribution >= 0.6 is 11.6 Å². The van der Waals surface area contributed by atoms with Crippen molar-refractivity contribution in [2.75, 3.05) is 4.90 Å². The highest BCUT2D eigenvalue weighted by molar-refractivity contribution is 6.30. The summed E-state index contributed by atoms with van der Waals surface area (Å²) >= 11 is 5.98. The number of rotatable bonds is 1. The predicted molar refractivity (Wildman–Crippen MR) is 87.5 cm³/mol. The third-order valence-corrected chi connectivity index (χ3v) is 4.48. The lowest BCUT2D eigenvalue weighted by Crippen LogP contribution is -2.59. The summed E-state index contributed by atoms with van der Waals surface area (Å²) in [4.78, 5) is 10.8. The van der Waals surface area contributed by atoms with Crippen molar-refractivity contribution in [3.05, 3.63) is 29.3 Å². The number of hydrogen-bond donors (Lipinski definition) is 2. The van der Waals surface area contributed by atoms with E-state index in [0.29, 0.717) is 16.9 Å². The number of guanidine groups is 2. The van der Waals surface area contributed by atoms with Crippen LogP contribution in [-0.4, -0.2) is 17.6 Å². The molecular formula is C15H20ClN5. The molecule has 1 fully saturated rings. The molecule has 1 aromatic rings. The molecule has 1 aromatic carbocycles. The fourth-order valence-electron chi connectivity index (χ4n) is 3.43. The molecule has 112 valence electrons. The van der Waals surface area contributed by atoms with Crippen LogP contribution in [0.1, 0.15) is 32.6 Å². The zero-order valence-electron chi connectivity index (χ0n) is 12.1. The largest absolute Gasteiger partial charge is 0.369 e. The van der Waals surface area contributed by atoms with E-state index in [9.17, 15) is 0 Å². The maximum atomic E-state index is 6.17. The van der Waals surface area contributed by atoms with Crippen LogP contribution in [-0.2, 0) is 0 Å². The van der Waals surface area contributed by atoms with Crippen LogP contribution in [0.15, 0.2) is 34.3 Å². The van der Waals surface area contributed by atoms with Gasteiger partial charge in [-0.1, -0.05) is 24.9 Å². The first-order chi connectivity index (χ1) is 10.00. The quantitative estimate of drug-likeness (QED) is 0.837. The van der Waals surface area contributed by atoms with E-state index in [1.807, 2.05) is 29.2 Å². The van der Waals surface area contributed by atoms with Crippen LogP contribution in [0.3, 0.4) is 0 Å². The minimum atomic E-state index is -0.415. The summed E-state index contributed by atoms with van der Waals surface area (Å²) < 4.78 is 0. The Morgan fingerprint density at radius 2 is 2.00 bits per heavy atom. The molecule has 6 heteroatoms. The van der Waals surface area contributed by atoms with Crippen molar-refractivity contribution in [1.29, 1.82) is 0 Å². The third kappa shape index (κ3) is 2.58. The molecule has 3 rings (SSSR count). The molecule has 0 saturated heterocycles. The maximum absolute atomic E-state index is 6.17. The van der Waals surface area contributed by atoms with Crippen molar-refractivity contribution >= 4 is 29.2 Å². The summed E-state index contributed by atoms with van der Waals surface area (Å²) in [6, 6.07) is 7.60. The first-order valence-electron chi connectivity index (χ1n) is 7.25. The smallest absolute Gasteiger partial charge is 0.220 e. The van der Waals surface area contributed by atoms with Crippen LogP contribution < -0.4 is 16.4 Å². The summed E-state index contributed by atoms with van der Waals surface area (Å²) in [5, 5.41) is 0.695. The van der Waals surface area contributed by atoms with Gasteiger partial charge in [0.1, 0.15) is 5.66 Å². The van der Waals surface area contributed by atoms with Gasteiger partial charge in [0.2, 0.25) is 11.9 Å². The van der Waals surface area contributed by atoms with Gasteiger partial charge in [0.25, 0.3) is 0 Å². The minimum Gasteiger partial charge on any atom is -0.369 e. The Labute approximate surface area is 129 Å². The molecule has 2 atom stereocenters. The fraction of sp³-hybridized carbons (Fsp3) is 0.467. The van der Waals surface area contributed by atoms with Gasteiger partial charge in [-0.15, -0.1) is 0 Å². The standard InChI is InChI=1S/C15H20ClN5/c1-10-3-2-8-15(9-10)20-13(17)19-14(18)21(15)12-6-4-11(16)5-7-12/h4-7,10H,2-3,8-9H2,1H3,(H4,17,18,19,20). The molecule has 21 heavy (non-hydrogen) atoms. The van der Waals surface area contributed by atoms with Crippen molar-refractivity contribution < 1.29 is 0 Å². The third-order valence-electron chi connectivity index (χ3n) is 4.23. The summed E-state index contributed by atoms with van der Waals surface area (Å²) in [5.74, 6) is 1.25. The molecule has 2 aliphatic rings. The van der Waals surface area contributed by atoms with Gasteiger partial charge in [0.05, 0.1) is 0 Å². The lowest BCUT2D eigenvalue weighted by molar-refractivity contribution is 0.244. The van der Waals surface area contributed by atoms with Gasteiger partial charge in [-0.05, 0) is 49.4 Å². The van der Waals surface area contributed by atoms with E-state index < -0.39 is 5.66 Å². The molecule has 1 spiro atoms. The highest BCUT2D eigenvalue weighted by Crippen LogP contribution is 2.41. The van der Waals surface area contributed by atoms with E-state index in [1.165, 1.54) is 6.42 Å². The Hall–Kier alpha value is -1.75. The molecule has 1 heterocycles. The van der Waals surface area contributed by atoms with Gasteiger partial charge in [-0.3, -0.25) is 4.90 Å². The van der Waals surface area contributed by atoms with Crippen LogP contribution in [0.4, 0.5) is 5.69 Å². The molecule has 5 nitrogen and oxygen atoms in total. The van der Waals surface area contributed by atoms with E-state index in [4.69, 9.17) is 23.1 Å². The van der Waals surface area contributed by atoms with E-state index in [2.05, 4.69) is 16.9 Å². The summed E-state index contributed by atoms with van der Waals surface area (Å²) in [5.41, 5.74) is 12.6. The number of hydrogen-bond acceptors (Lipinski definition) is 5. The first-order valence-corrected chi connectivity index (χ1v) is 7.63. The second-order valence-electron chi connectivity index (χ2n) is 5.94. The van der Waals surface area contributed by atoms with Crippen LogP contribution in [0.5, 0.6) is 0 Å². The second kappa shape index (κ2) is 5.22. The Morgan fingerprint density at radius 3 is 2.67 bits per heavy atom. The van der Waals surface area contributed by atoms with E-state index in [-0.39, 0.29) is 5.96 Å². The van der Waals surface area contributed by atoms with Crippen molar-refractivity contribution in [1.82, 2.24) is 0 Å². The number of nitrogens with zero attached hydrogens (tertiary/aromatic N) is 3. The lowest BCUT2D eigenvalue weighted by Gasteiger charge is -2.47. The molecule has 1 aliphatic heterocycles. The van der Waals surface area contributed by atoms with Gasteiger partial charge < -0.3 is 11.5 Å². The minimum absolute atomic E-state index is 0.270. The topological polar surface area (TPSA) is 80.0 Å². The van der Waals surface area contributed by atoms with Gasteiger partial charge in [0.15, 0.2) is 0 Å². The van der Waals surface area contributed by atoms with Gasteiger partial charge >= 0.3 is 0 Å². The van der Waals surface area contributed by atoms with E-state index >= 15 is 0 Å². The lowest BCUT2D eigenvalue weighted by atomic mass is 9.81.